The lowest BCUT2D eigenvalue weighted by Gasteiger charge is -2.27. The van der Waals surface area contributed by atoms with E-state index in [2.05, 4.69) is 246 Å². The second-order valence-electron chi connectivity index (χ2n) is 16.3. The maximum atomic E-state index is 3.33. The summed E-state index contributed by atoms with van der Waals surface area (Å²) in [6, 6.07) is 79.7. The molecular formula is C61H40N2. The van der Waals surface area contributed by atoms with Gasteiger partial charge >= 0.3 is 0 Å². The topological polar surface area (TPSA) is 8.17 Å². The van der Waals surface area contributed by atoms with Gasteiger partial charge in [-0.1, -0.05) is 170 Å². The summed E-state index contributed by atoms with van der Waals surface area (Å²) in [5, 5.41) is 7.40. The van der Waals surface area contributed by atoms with Crippen molar-refractivity contribution in [2.75, 3.05) is 4.90 Å². The molecule has 2 heteroatoms. The molecule has 0 spiro atoms. The van der Waals surface area contributed by atoms with Gasteiger partial charge in [0.05, 0.1) is 11.0 Å². The molecule has 0 fully saturated rings. The normalized spacial score (nSPS) is 12.0. The summed E-state index contributed by atoms with van der Waals surface area (Å²) in [7, 11) is 0. The minimum atomic E-state index is 0.736. The molecule has 0 radical (unpaired) electrons. The predicted octanol–water partition coefficient (Wildman–Crippen LogP) is 16.1. The highest BCUT2D eigenvalue weighted by Crippen LogP contribution is 2.44. The minimum Gasteiger partial charge on any atom is -0.310 e. The number of allylic oxidation sites excluding steroid dienone is 1. The van der Waals surface area contributed by atoms with Crippen LogP contribution in [0, 0.1) is 11.8 Å². The quantitative estimate of drug-likeness (QED) is 0.146. The van der Waals surface area contributed by atoms with Gasteiger partial charge in [-0.05, 0) is 133 Å². The Morgan fingerprint density at radius 2 is 1.10 bits per heavy atom. The molecule has 294 valence electrons. The van der Waals surface area contributed by atoms with Gasteiger partial charge in [-0.2, -0.15) is 0 Å². The van der Waals surface area contributed by atoms with Crippen molar-refractivity contribution in [3.05, 3.63) is 236 Å². The number of para-hydroxylation sites is 1. The van der Waals surface area contributed by atoms with Gasteiger partial charge in [0.2, 0.25) is 0 Å². The zero-order chi connectivity index (χ0) is 41.7. The number of nitrogens with zero attached hydrogens (tertiary/aromatic N) is 2. The number of fused-ring (bicyclic) bond motifs is 8. The van der Waals surface area contributed by atoms with E-state index in [1.54, 1.807) is 0 Å². The lowest BCUT2D eigenvalue weighted by Crippen LogP contribution is -2.10. The molecule has 0 bridgehead atoms. The standard InChI is InChI=1S/C61H40N2/c1-4-15-42(16-5-1)46-19-12-20-47(39-46)43-31-34-51(35-32-43)62(53-36-38-55-49(41-53)30-29-44-17-6-2-9-25-54(44)55)52-24-13-21-48(40-52)56-27-14-28-59-60(56)58-37-33-45-18-10-11-26-57(45)61(58)63(59)50-22-7-3-8-23-50/h1,3-8,10-24,26-41H,25H2. The van der Waals surface area contributed by atoms with Crippen molar-refractivity contribution >= 4 is 66.5 Å². The lowest BCUT2D eigenvalue weighted by molar-refractivity contribution is 1.19. The number of aromatic nitrogens is 1. The van der Waals surface area contributed by atoms with Crippen molar-refractivity contribution in [2.24, 2.45) is 0 Å². The van der Waals surface area contributed by atoms with Crippen LogP contribution in [0.15, 0.2) is 224 Å². The maximum absolute atomic E-state index is 3.33. The summed E-state index contributed by atoms with van der Waals surface area (Å²) >= 11 is 0. The first-order chi connectivity index (χ1) is 31.2. The SMILES string of the molecule is C1#CCc2c(ccc3cc(N(c4ccc(-c5cccc(-c6ccccc6)c5)cc4)c4cccc(-c5cccc6c5c5ccc7ccccc7c5n6-c5ccccc5)c4)ccc23)C=C1. The van der Waals surface area contributed by atoms with Crippen molar-refractivity contribution in [1.29, 1.82) is 0 Å². The molecule has 63 heavy (non-hydrogen) atoms. The van der Waals surface area contributed by atoms with E-state index in [0.717, 1.165) is 34.7 Å². The van der Waals surface area contributed by atoms with Crippen LogP contribution in [-0.4, -0.2) is 4.57 Å². The van der Waals surface area contributed by atoms with Crippen molar-refractivity contribution < 1.29 is 0 Å². The van der Waals surface area contributed by atoms with Crippen LogP contribution < -0.4 is 4.90 Å². The molecule has 0 saturated heterocycles. The van der Waals surface area contributed by atoms with E-state index in [1.165, 1.54) is 82.3 Å². The zero-order valence-corrected chi connectivity index (χ0v) is 34.5. The van der Waals surface area contributed by atoms with Gasteiger partial charge in [-0.15, -0.1) is 0 Å². The average molecular weight is 801 g/mol. The van der Waals surface area contributed by atoms with E-state index in [9.17, 15) is 0 Å². The molecule has 0 amide bonds. The van der Waals surface area contributed by atoms with Gasteiger partial charge in [0, 0.05) is 45.3 Å². The first kappa shape index (κ1) is 36.5. The third-order valence-corrected chi connectivity index (χ3v) is 12.7. The molecule has 1 aliphatic rings. The number of rotatable bonds is 7. The van der Waals surface area contributed by atoms with Crippen molar-refractivity contribution in [1.82, 2.24) is 4.57 Å². The van der Waals surface area contributed by atoms with Crippen LogP contribution in [0.2, 0.25) is 0 Å². The van der Waals surface area contributed by atoms with Crippen molar-refractivity contribution in [2.45, 2.75) is 6.42 Å². The molecule has 1 aliphatic carbocycles. The minimum absolute atomic E-state index is 0.736. The Morgan fingerprint density at radius 1 is 0.429 bits per heavy atom. The Labute approximate surface area is 367 Å². The third-order valence-electron chi connectivity index (χ3n) is 12.7. The van der Waals surface area contributed by atoms with Crippen LogP contribution in [0.1, 0.15) is 11.1 Å². The lowest BCUT2D eigenvalue weighted by atomic mass is 9.96. The van der Waals surface area contributed by atoms with Crippen LogP contribution in [0.3, 0.4) is 0 Å². The van der Waals surface area contributed by atoms with Gasteiger partial charge in [0.1, 0.15) is 0 Å². The van der Waals surface area contributed by atoms with E-state index in [0.29, 0.717) is 0 Å². The average Bonchev–Trinajstić information content (AvgIpc) is 3.51. The van der Waals surface area contributed by atoms with Crippen LogP contribution >= 0.6 is 0 Å². The van der Waals surface area contributed by atoms with E-state index >= 15 is 0 Å². The maximum Gasteiger partial charge on any atom is 0.0619 e. The Kier molecular flexibility index (Phi) is 8.84. The summed E-state index contributed by atoms with van der Waals surface area (Å²) in [4.78, 5) is 2.40. The van der Waals surface area contributed by atoms with Crippen molar-refractivity contribution in [3.63, 3.8) is 0 Å². The Balaban J connectivity index is 1.03. The molecule has 10 aromatic carbocycles. The van der Waals surface area contributed by atoms with Gasteiger partial charge < -0.3 is 9.47 Å². The summed E-state index contributed by atoms with van der Waals surface area (Å²) in [6.07, 6.45) is 4.84. The molecule has 0 unspecified atom stereocenters. The van der Waals surface area contributed by atoms with Gasteiger partial charge in [-0.3, -0.25) is 0 Å². The highest BCUT2D eigenvalue weighted by Gasteiger charge is 2.20. The van der Waals surface area contributed by atoms with Crippen LogP contribution in [0.5, 0.6) is 0 Å². The molecule has 1 heterocycles. The number of hydrogen-bond donors (Lipinski definition) is 0. The molecule has 0 N–H and O–H groups in total. The largest absolute Gasteiger partial charge is 0.310 e. The number of benzene rings is 10. The fraction of sp³-hybridized carbons (Fsp3) is 0.0164. The van der Waals surface area contributed by atoms with Crippen LogP contribution in [0.25, 0.3) is 88.5 Å². The van der Waals surface area contributed by atoms with E-state index < -0.39 is 0 Å². The smallest absolute Gasteiger partial charge is 0.0619 e. The Hall–Kier alpha value is -8.38. The van der Waals surface area contributed by atoms with E-state index in [4.69, 9.17) is 0 Å². The zero-order valence-electron chi connectivity index (χ0n) is 34.5. The molecule has 0 saturated carbocycles. The van der Waals surface area contributed by atoms with E-state index in [-0.39, 0.29) is 0 Å². The highest BCUT2D eigenvalue weighted by atomic mass is 15.1. The summed E-state index contributed by atoms with van der Waals surface area (Å²) in [6.45, 7) is 0. The summed E-state index contributed by atoms with van der Waals surface area (Å²) in [5.74, 6) is 6.51. The molecule has 12 rings (SSSR count). The van der Waals surface area contributed by atoms with E-state index in [1.807, 2.05) is 6.08 Å². The molecular weight excluding hydrogens is 761 g/mol. The first-order valence-corrected chi connectivity index (χ1v) is 21.6. The molecule has 11 aromatic rings. The van der Waals surface area contributed by atoms with Gasteiger partial charge in [0.25, 0.3) is 0 Å². The monoisotopic (exact) mass is 800 g/mol. The second-order valence-corrected chi connectivity index (χ2v) is 16.3. The van der Waals surface area contributed by atoms with Crippen LogP contribution in [0.4, 0.5) is 17.1 Å². The summed E-state index contributed by atoms with van der Waals surface area (Å²) < 4.78 is 2.45. The Morgan fingerprint density at radius 3 is 1.95 bits per heavy atom. The highest BCUT2D eigenvalue weighted by molar-refractivity contribution is 6.22. The van der Waals surface area contributed by atoms with Crippen molar-refractivity contribution in [3.8, 4) is 50.9 Å². The number of hydrogen-bond acceptors (Lipinski definition) is 1. The molecule has 0 atom stereocenters. The van der Waals surface area contributed by atoms with Gasteiger partial charge in [-0.25, -0.2) is 0 Å². The third kappa shape index (κ3) is 6.38. The summed E-state index contributed by atoms with van der Waals surface area (Å²) in [5.41, 5.74) is 16.5. The molecule has 1 aromatic heterocycles. The fourth-order valence-electron chi connectivity index (χ4n) is 9.71. The predicted molar refractivity (Wildman–Crippen MR) is 267 cm³/mol. The molecule has 2 nitrogen and oxygen atoms in total. The second kappa shape index (κ2) is 15.3. The Bertz CT molecular complexity index is 3640. The van der Waals surface area contributed by atoms with Crippen LogP contribution in [-0.2, 0) is 6.42 Å². The molecule has 0 aliphatic heterocycles. The number of anilines is 3. The fourth-order valence-corrected chi connectivity index (χ4v) is 9.71. The first-order valence-electron chi connectivity index (χ1n) is 21.6. The van der Waals surface area contributed by atoms with Gasteiger partial charge in [0.15, 0.2) is 0 Å².